The van der Waals surface area contributed by atoms with Crippen molar-refractivity contribution in [3.05, 3.63) is 34.6 Å². The van der Waals surface area contributed by atoms with E-state index in [0.29, 0.717) is 22.4 Å². The lowest BCUT2D eigenvalue weighted by Crippen LogP contribution is -2.30. The zero-order chi connectivity index (χ0) is 17.1. The van der Waals surface area contributed by atoms with E-state index in [4.69, 9.17) is 11.6 Å². The first-order valence-electron chi connectivity index (χ1n) is 7.87. The van der Waals surface area contributed by atoms with Gasteiger partial charge in [0.25, 0.3) is 5.91 Å². The second-order valence-corrected chi connectivity index (χ2v) is 7.01. The van der Waals surface area contributed by atoms with Crippen LogP contribution in [0.2, 0.25) is 5.02 Å². The van der Waals surface area contributed by atoms with E-state index in [-0.39, 0.29) is 18.3 Å². The summed E-state index contributed by atoms with van der Waals surface area (Å²) in [6.45, 7) is 3.82. The molecule has 1 amide bonds. The molecule has 0 spiro atoms. The number of hydrogen-bond acceptors (Lipinski definition) is 5. The van der Waals surface area contributed by atoms with E-state index >= 15 is 0 Å². The summed E-state index contributed by atoms with van der Waals surface area (Å²) in [5.41, 5.74) is 1.81. The van der Waals surface area contributed by atoms with Crippen molar-refractivity contribution in [2.24, 2.45) is 0 Å². The van der Waals surface area contributed by atoms with Crippen LogP contribution in [0.4, 0.5) is 5.69 Å². The Balaban J connectivity index is 0.00000225. The molecule has 9 heteroatoms. The summed E-state index contributed by atoms with van der Waals surface area (Å²) in [4.78, 5) is 13.5. The number of carbonyl (C=O) groups is 1. The van der Waals surface area contributed by atoms with Crippen molar-refractivity contribution in [1.82, 2.24) is 20.3 Å². The van der Waals surface area contributed by atoms with Gasteiger partial charge in [0.2, 0.25) is 0 Å². The van der Waals surface area contributed by atoms with Crippen LogP contribution in [-0.2, 0) is 0 Å². The van der Waals surface area contributed by atoms with Crippen molar-refractivity contribution >= 4 is 47.4 Å². The Morgan fingerprint density at radius 2 is 2.12 bits per heavy atom. The topological polar surface area (TPSA) is 71.8 Å². The zero-order valence-corrected chi connectivity index (χ0v) is 16.5. The molecule has 0 aliphatic carbocycles. The molecule has 6 nitrogen and oxygen atoms in total. The number of piperidine rings is 1. The van der Waals surface area contributed by atoms with Crippen molar-refractivity contribution in [2.45, 2.75) is 30.7 Å². The van der Waals surface area contributed by atoms with Crippen LogP contribution < -0.4 is 10.6 Å². The molecule has 1 saturated heterocycles. The van der Waals surface area contributed by atoms with Crippen LogP contribution in [0.3, 0.4) is 0 Å². The minimum atomic E-state index is -0.263. The fraction of sp³-hybridized carbons (Fsp3) is 0.438. The lowest BCUT2D eigenvalue weighted by molar-refractivity contribution is 0.102. The van der Waals surface area contributed by atoms with Gasteiger partial charge in [-0.2, -0.15) is 0 Å². The van der Waals surface area contributed by atoms with Gasteiger partial charge in [-0.25, -0.2) is 4.68 Å². The second-order valence-electron chi connectivity index (χ2n) is 5.75. The Kier molecular flexibility index (Phi) is 7.13. The summed E-state index contributed by atoms with van der Waals surface area (Å²) >= 11 is 7.75. The molecule has 2 heterocycles. The predicted octanol–water partition coefficient (Wildman–Crippen LogP) is 3.56. The van der Waals surface area contributed by atoms with Crippen LogP contribution in [-0.4, -0.2) is 40.2 Å². The second kappa shape index (κ2) is 8.89. The first-order valence-corrected chi connectivity index (χ1v) is 9.48. The van der Waals surface area contributed by atoms with Gasteiger partial charge in [0.1, 0.15) is 0 Å². The summed E-state index contributed by atoms with van der Waals surface area (Å²) in [6.07, 6.45) is 3.95. The van der Waals surface area contributed by atoms with Crippen LogP contribution in [0.25, 0.3) is 0 Å². The third-order valence-electron chi connectivity index (χ3n) is 4.21. The SMILES string of the molecule is CSc1ccc(NC(=O)c2nnn(C3CCNCC3)c2C)cc1Cl.Cl. The van der Waals surface area contributed by atoms with Gasteiger partial charge in [-0.1, -0.05) is 16.8 Å². The Labute approximate surface area is 162 Å². The highest BCUT2D eigenvalue weighted by Crippen LogP contribution is 2.28. The van der Waals surface area contributed by atoms with Crippen LogP contribution in [0.15, 0.2) is 23.1 Å². The number of hydrogen-bond donors (Lipinski definition) is 2. The normalized spacial score (nSPS) is 14.8. The molecule has 3 rings (SSSR count). The number of nitrogens with zero attached hydrogens (tertiary/aromatic N) is 3. The lowest BCUT2D eigenvalue weighted by atomic mass is 10.1. The fourth-order valence-corrected chi connectivity index (χ4v) is 3.75. The van der Waals surface area contributed by atoms with E-state index < -0.39 is 0 Å². The molecule has 0 unspecified atom stereocenters. The monoisotopic (exact) mass is 401 g/mol. The van der Waals surface area contributed by atoms with Gasteiger partial charge in [0, 0.05) is 10.6 Å². The number of carbonyl (C=O) groups excluding carboxylic acids is 1. The third kappa shape index (κ3) is 4.47. The van der Waals surface area contributed by atoms with Crippen molar-refractivity contribution < 1.29 is 4.79 Å². The standard InChI is InChI=1S/C16H20ClN5OS.ClH/c1-10-15(20-21-22(10)12-5-7-18-8-6-12)16(23)19-11-3-4-14(24-2)13(17)9-11;/h3-4,9,12,18H,5-8H2,1-2H3,(H,19,23);1H. The summed E-state index contributed by atoms with van der Waals surface area (Å²) in [6, 6.07) is 5.78. The van der Waals surface area contributed by atoms with Crippen LogP contribution in [0.1, 0.15) is 35.1 Å². The van der Waals surface area contributed by atoms with Crippen LogP contribution in [0, 0.1) is 6.92 Å². The molecule has 2 aromatic rings. The number of benzene rings is 1. The molecule has 0 bridgehead atoms. The van der Waals surface area contributed by atoms with Gasteiger partial charge in [0.15, 0.2) is 5.69 Å². The third-order valence-corrected chi connectivity index (χ3v) is 5.43. The maximum atomic E-state index is 12.5. The van der Waals surface area contributed by atoms with Crippen LogP contribution in [0.5, 0.6) is 0 Å². The van der Waals surface area contributed by atoms with Crippen molar-refractivity contribution in [3.8, 4) is 0 Å². The Morgan fingerprint density at radius 3 is 2.76 bits per heavy atom. The van der Waals surface area contributed by atoms with E-state index in [9.17, 15) is 4.79 Å². The van der Waals surface area contributed by atoms with Crippen molar-refractivity contribution in [3.63, 3.8) is 0 Å². The average molecular weight is 402 g/mol. The molecule has 0 radical (unpaired) electrons. The summed E-state index contributed by atoms with van der Waals surface area (Å²) < 4.78 is 1.87. The van der Waals surface area contributed by atoms with E-state index in [1.165, 1.54) is 0 Å². The first-order chi connectivity index (χ1) is 11.6. The Morgan fingerprint density at radius 1 is 1.40 bits per heavy atom. The van der Waals surface area contributed by atoms with Gasteiger partial charge >= 0.3 is 0 Å². The molecule has 25 heavy (non-hydrogen) atoms. The number of halogens is 2. The molecular formula is C16H21Cl2N5OS. The maximum Gasteiger partial charge on any atom is 0.278 e. The Bertz CT molecular complexity index is 746. The predicted molar refractivity (Wildman–Crippen MR) is 104 cm³/mol. The number of rotatable bonds is 4. The smallest absolute Gasteiger partial charge is 0.278 e. The van der Waals surface area contributed by atoms with Gasteiger partial charge in [0.05, 0.1) is 16.8 Å². The molecule has 1 aliphatic rings. The zero-order valence-electron chi connectivity index (χ0n) is 14.1. The molecule has 0 saturated carbocycles. The number of thioether (sulfide) groups is 1. The van der Waals surface area contributed by atoms with Crippen molar-refractivity contribution in [1.29, 1.82) is 0 Å². The van der Waals surface area contributed by atoms with Gasteiger partial charge in [-0.05, 0) is 57.3 Å². The molecule has 136 valence electrons. The number of nitrogens with one attached hydrogen (secondary N) is 2. The largest absolute Gasteiger partial charge is 0.320 e. The average Bonchev–Trinajstić information content (AvgIpc) is 2.97. The highest BCUT2D eigenvalue weighted by molar-refractivity contribution is 7.98. The molecular weight excluding hydrogens is 381 g/mol. The first kappa shape index (κ1) is 20.0. The summed E-state index contributed by atoms with van der Waals surface area (Å²) in [7, 11) is 0. The highest BCUT2D eigenvalue weighted by Gasteiger charge is 2.23. The molecule has 1 aromatic heterocycles. The van der Waals surface area contributed by atoms with Gasteiger partial charge < -0.3 is 10.6 Å². The minimum Gasteiger partial charge on any atom is -0.320 e. The molecule has 2 N–H and O–H groups in total. The van der Waals surface area contributed by atoms with E-state index in [2.05, 4.69) is 20.9 Å². The minimum absolute atomic E-state index is 0. The maximum absolute atomic E-state index is 12.5. The van der Waals surface area contributed by atoms with E-state index in [1.807, 2.05) is 30.0 Å². The number of aromatic nitrogens is 3. The molecule has 1 aliphatic heterocycles. The van der Waals surface area contributed by atoms with Crippen molar-refractivity contribution in [2.75, 3.05) is 24.7 Å². The quantitative estimate of drug-likeness (QED) is 0.766. The summed E-state index contributed by atoms with van der Waals surface area (Å²) in [5, 5.41) is 15.1. The molecule has 0 atom stereocenters. The lowest BCUT2D eigenvalue weighted by Gasteiger charge is -2.23. The van der Waals surface area contributed by atoms with Gasteiger partial charge in [-0.3, -0.25) is 4.79 Å². The Hall–Kier alpha value is -1.28. The van der Waals surface area contributed by atoms with Crippen LogP contribution >= 0.6 is 35.8 Å². The molecule has 1 fully saturated rings. The molecule has 1 aromatic carbocycles. The fourth-order valence-electron chi connectivity index (χ4n) is 2.88. The van der Waals surface area contributed by atoms with Gasteiger partial charge in [-0.15, -0.1) is 29.3 Å². The summed E-state index contributed by atoms with van der Waals surface area (Å²) in [5.74, 6) is -0.263. The number of amides is 1. The highest BCUT2D eigenvalue weighted by atomic mass is 35.5. The number of anilines is 1. The van der Waals surface area contributed by atoms with E-state index in [1.54, 1.807) is 17.8 Å². The van der Waals surface area contributed by atoms with E-state index in [0.717, 1.165) is 36.5 Å².